The summed E-state index contributed by atoms with van der Waals surface area (Å²) < 4.78 is 10.9. The van der Waals surface area contributed by atoms with Crippen molar-refractivity contribution < 1.29 is 19.4 Å². The second kappa shape index (κ2) is 7.14. The van der Waals surface area contributed by atoms with E-state index >= 15 is 0 Å². The van der Waals surface area contributed by atoms with Gasteiger partial charge in [0, 0.05) is 17.7 Å². The summed E-state index contributed by atoms with van der Waals surface area (Å²) >= 11 is 0. The monoisotopic (exact) mass is 284 g/mol. The van der Waals surface area contributed by atoms with E-state index in [1.807, 2.05) is 30.3 Å². The molecule has 4 nitrogen and oxygen atoms in total. The summed E-state index contributed by atoms with van der Waals surface area (Å²) in [5, 5.41) is 8.72. The molecule has 0 bridgehead atoms. The van der Waals surface area contributed by atoms with Crippen LogP contribution in [0, 0.1) is 0 Å². The van der Waals surface area contributed by atoms with Gasteiger partial charge in [-0.2, -0.15) is 0 Å². The van der Waals surface area contributed by atoms with Gasteiger partial charge in [-0.1, -0.05) is 30.3 Å². The molecule has 4 heteroatoms. The van der Waals surface area contributed by atoms with Gasteiger partial charge < -0.3 is 14.6 Å². The third-order valence-electron chi connectivity index (χ3n) is 2.86. The van der Waals surface area contributed by atoms with Crippen molar-refractivity contribution in [3.63, 3.8) is 0 Å². The molecule has 0 unspecified atom stereocenters. The van der Waals surface area contributed by atoms with Gasteiger partial charge in [-0.05, 0) is 23.8 Å². The number of aliphatic carboxylic acids is 1. The van der Waals surface area contributed by atoms with E-state index in [2.05, 4.69) is 0 Å². The number of carbonyl (C=O) groups is 1. The van der Waals surface area contributed by atoms with Gasteiger partial charge in [0.1, 0.15) is 18.1 Å². The lowest BCUT2D eigenvalue weighted by Crippen LogP contribution is -1.98. The first kappa shape index (κ1) is 14.7. The van der Waals surface area contributed by atoms with Crippen molar-refractivity contribution in [3.05, 3.63) is 65.7 Å². The zero-order valence-corrected chi connectivity index (χ0v) is 11.7. The van der Waals surface area contributed by atoms with Gasteiger partial charge >= 0.3 is 5.97 Å². The van der Waals surface area contributed by atoms with Gasteiger partial charge in [-0.3, -0.25) is 0 Å². The van der Waals surface area contributed by atoms with Crippen molar-refractivity contribution in [3.8, 4) is 11.5 Å². The smallest absolute Gasteiger partial charge is 0.328 e. The highest BCUT2D eigenvalue weighted by Crippen LogP contribution is 2.26. The molecule has 0 saturated heterocycles. The minimum atomic E-state index is -1.00. The average Bonchev–Trinajstić information content (AvgIpc) is 2.52. The molecule has 0 aliphatic heterocycles. The summed E-state index contributed by atoms with van der Waals surface area (Å²) in [6.45, 7) is 0.405. The molecule has 0 heterocycles. The maximum Gasteiger partial charge on any atom is 0.328 e. The lowest BCUT2D eigenvalue weighted by molar-refractivity contribution is -0.131. The topological polar surface area (TPSA) is 55.8 Å². The second-order valence-corrected chi connectivity index (χ2v) is 4.35. The fraction of sp³-hybridized carbons (Fsp3) is 0.118. The molecule has 0 fully saturated rings. The summed E-state index contributed by atoms with van der Waals surface area (Å²) in [5.41, 5.74) is 1.72. The Hall–Kier alpha value is -2.75. The van der Waals surface area contributed by atoms with Crippen molar-refractivity contribution in [2.45, 2.75) is 6.61 Å². The van der Waals surface area contributed by atoms with Gasteiger partial charge in [0.15, 0.2) is 0 Å². The van der Waals surface area contributed by atoms with Crippen LogP contribution in [0.1, 0.15) is 11.1 Å². The maximum atomic E-state index is 10.6. The Kier molecular flexibility index (Phi) is 4.99. The highest BCUT2D eigenvalue weighted by molar-refractivity contribution is 5.86. The van der Waals surface area contributed by atoms with Crippen LogP contribution in [0.4, 0.5) is 0 Å². The van der Waals surface area contributed by atoms with Crippen LogP contribution in [0.25, 0.3) is 6.08 Å². The normalized spacial score (nSPS) is 10.5. The van der Waals surface area contributed by atoms with Gasteiger partial charge in [0.25, 0.3) is 0 Å². The average molecular weight is 284 g/mol. The van der Waals surface area contributed by atoms with Crippen LogP contribution in [-0.2, 0) is 11.4 Å². The highest BCUT2D eigenvalue weighted by atomic mass is 16.5. The first-order valence-corrected chi connectivity index (χ1v) is 6.45. The molecule has 108 valence electrons. The summed E-state index contributed by atoms with van der Waals surface area (Å²) in [5.74, 6) is 0.237. The summed E-state index contributed by atoms with van der Waals surface area (Å²) in [7, 11) is 1.57. The lowest BCUT2D eigenvalue weighted by atomic mass is 10.1. The molecular formula is C17H16O4. The number of carboxylic acids is 1. The zero-order chi connectivity index (χ0) is 15.1. The number of rotatable bonds is 6. The maximum absolute atomic E-state index is 10.6. The number of methoxy groups -OCH3 is 1. The van der Waals surface area contributed by atoms with Gasteiger partial charge in [-0.15, -0.1) is 0 Å². The molecule has 0 aliphatic rings. The van der Waals surface area contributed by atoms with Crippen LogP contribution in [0.3, 0.4) is 0 Å². The largest absolute Gasteiger partial charge is 0.497 e. The minimum Gasteiger partial charge on any atom is -0.497 e. The first-order valence-electron chi connectivity index (χ1n) is 6.45. The Morgan fingerprint density at radius 3 is 2.62 bits per heavy atom. The van der Waals surface area contributed by atoms with E-state index in [-0.39, 0.29) is 0 Å². The second-order valence-electron chi connectivity index (χ2n) is 4.35. The van der Waals surface area contributed by atoms with E-state index in [1.54, 1.807) is 25.3 Å². The molecule has 0 spiro atoms. The van der Waals surface area contributed by atoms with Gasteiger partial charge in [-0.25, -0.2) is 4.79 Å². The van der Waals surface area contributed by atoms with Crippen LogP contribution >= 0.6 is 0 Å². The molecule has 0 saturated carbocycles. The molecule has 2 aromatic carbocycles. The molecule has 0 aliphatic carbocycles. The van der Waals surface area contributed by atoms with Gasteiger partial charge in [0.05, 0.1) is 7.11 Å². The van der Waals surface area contributed by atoms with Crippen molar-refractivity contribution in [2.75, 3.05) is 7.11 Å². The number of ether oxygens (including phenoxy) is 2. The Labute approximate surface area is 123 Å². The number of hydrogen-bond acceptors (Lipinski definition) is 3. The Morgan fingerprint density at radius 2 is 1.95 bits per heavy atom. The SMILES string of the molecule is COc1ccc(C=CC(=O)O)c(OCc2ccccc2)c1. The van der Waals surface area contributed by atoms with Gasteiger partial charge in [0.2, 0.25) is 0 Å². The first-order chi connectivity index (χ1) is 10.2. The van der Waals surface area contributed by atoms with E-state index in [0.29, 0.717) is 23.7 Å². The van der Waals surface area contributed by atoms with Crippen molar-refractivity contribution in [1.82, 2.24) is 0 Å². The molecule has 2 aromatic rings. The fourth-order valence-electron chi connectivity index (χ4n) is 1.80. The standard InChI is InChI=1S/C17H16O4/c1-20-15-9-7-14(8-10-17(18)19)16(11-15)21-12-13-5-3-2-4-6-13/h2-11H,12H2,1H3,(H,18,19). The molecule has 0 radical (unpaired) electrons. The Morgan fingerprint density at radius 1 is 1.19 bits per heavy atom. The van der Waals surface area contributed by atoms with Crippen LogP contribution in [0.2, 0.25) is 0 Å². The Bertz CT molecular complexity index is 632. The van der Waals surface area contributed by atoms with E-state index in [9.17, 15) is 4.79 Å². The van der Waals surface area contributed by atoms with Crippen molar-refractivity contribution >= 4 is 12.0 Å². The predicted octanol–water partition coefficient (Wildman–Crippen LogP) is 3.37. The molecule has 21 heavy (non-hydrogen) atoms. The van der Waals surface area contributed by atoms with E-state index in [1.165, 1.54) is 6.08 Å². The molecular weight excluding hydrogens is 268 g/mol. The third-order valence-corrected chi connectivity index (χ3v) is 2.86. The fourth-order valence-corrected chi connectivity index (χ4v) is 1.80. The number of carboxylic acid groups (broad SMARTS) is 1. The summed E-state index contributed by atoms with van der Waals surface area (Å²) in [6.07, 6.45) is 2.58. The summed E-state index contributed by atoms with van der Waals surface area (Å²) in [4.78, 5) is 10.6. The number of hydrogen-bond donors (Lipinski definition) is 1. The van der Waals surface area contributed by atoms with E-state index in [0.717, 1.165) is 11.6 Å². The Balaban J connectivity index is 2.20. The minimum absolute atomic E-state index is 0.405. The van der Waals surface area contributed by atoms with Crippen molar-refractivity contribution in [2.24, 2.45) is 0 Å². The lowest BCUT2D eigenvalue weighted by Gasteiger charge is -2.11. The number of benzene rings is 2. The predicted molar refractivity (Wildman–Crippen MR) is 80.4 cm³/mol. The molecule has 1 N–H and O–H groups in total. The van der Waals surface area contributed by atoms with E-state index in [4.69, 9.17) is 14.6 Å². The summed E-state index contributed by atoms with van der Waals surface area (Å²) in [6, 6.07) is 15.0. The third kappa shape index (κ3) is 4.38. The molecule has 0 atom stereocenters. The molecule has 2 rings (SSSR count). The van der Waals surface area contributed by atoms with Crippen LogP contribution in [0.5, 0.6) is 11.5 Å². The van der Waals surface area contributed by atoms with Crippen molar-refractivity contribution in [1.29, 1.82) is 0 Å². The molecule has 0 amide bonds. The van der Waals surface area contributed by atoms with E-state index < -0.39 is 5.97 Å². The highest BCUT2D eigenvalue weighted by Gasteiger charge is 2.05. The zero-order valence-electron chi connectivity index (χ0n) is 11.7. The van der Waals surface area contributed by atoms with Crippen LogP contribution < -0.4 is 9.47 Å². The van der Waals surface area contributed by atoms with Crippen LogP contribution in [0.15, 0.2) is 54.6 Å². The molecule has 0 aromatic heterocycles. The quantitative estimate of drug-likeness (QED) is 0.826. The van der Waals surface area contributed by atoms with Crippen LogP contribution in [-0.4, -0.2) is 18.2 Å².